The van der Waals surface area contributed by atoms with E-state index in [0.717, 1.165) is 5.56 Å². The molecule has 3 N–H and O–H groups in total. The van der Waals surface area contributed by atoms with Crippen molar-refractivity contribution in [2.75, 3.05) is 26.1 Å². The van der Waals surface area contributed by atoms with Crippen LogP contribution in [-0.2, 0) is 6.54 Å². The Labute approximate surface area is 149 Å². The molecule has 0 saturated carbocycles. The number of fused-ring (bicyclic) bond motifs is 3. The van der Waals surface area contributed by atoms with E-state index in [1.807, 2.05) is 30.4 Å². The Morgan fingerprint density at radius 3 is 2.73 bits per heavy atom. The zero-order valence-corrected chi connectivity index (χ0v) is 14.2. The van der Waals surface area contributed by atoms with Crippen LogP contribution in [0.3, 0.4) is 0 Å². The number of hydrogen-bond acceptors (Lipinski definition) is 7. The van der Waals surface area contributed by atoms with Crippen LogP contribution in [0.25, 0.3) is 11.0 Å². The van der Waals surface area contributed by atoms with Crippen molar-refractivity contribution in [2.24, 2.45) is 0 Å². The minimum atomic E-state index is 0.0374. The molecule has 1 aromatic carbocycles. The molecule has 3 heterocycles. The summed E-state index contributed by atoms with van der Waals surface area (Å²) in [7, 11) is 1.60. The highest BCUT2D eigenvalue weighted by Crippen LogP contribution is 2.31. The number of ether oxygens (including phenoxy) is 3. The van der Waals surface area contributed by atoms with E-state index in [-0.39, 0.29) is 24.3 Å². The summed E-state index contributed by atoms with van der Waals surface area (Å²) in [5.74, 6) is 1.63. The maximum atomic E-state index is 10.4. The highest BCUT2D eigenvalue weighted by Gasteiger charge is 2.16. The zero-order chi connectivity index (χ0) is 18.1. The highest BCUT2D eigenvalue weighted by atomic mass is 16.5. The molecule has 0 fully saturated rings. The number of aromatic nitrogens is 3. The van der Waals surface area contributed by atoms with Gasteiger partial charge in [0.1, 0.15) is 30.5 Å². The molecule has 0 amide bonds. The number of nitrogens with zero attached hydrogens (tertiary/aromatic N) is 3. The van der Waals surface area contributed by atoms with Crippen molar-refractivity contribution in [3.63, 3.8) is 0 Å². The Balaban J connectivity index is 1.88. The van der Waals surface area contributed by atoms with Crippen molar-refractivity contribution in [1.82, 2.24) is 14.5 Å². The van der Waals surface area contributed by atoms with E-state index in [2.05, 4.69) is 9.97 Å². The van der Waals surface area contributed by atoms with Crippen LogP contribution in [0, 0.1) is 0 Å². The highest BCUT2D eigenvalue weighted by molar-refractivity contribution is 5.88. The second kappa shape index (κ2) is 6.47. The number of methoxy groups -OCH3 is 1. The summed E-state index contributed by atoms with van der Waals surface area (Å²) in [6, 6.07) is 7.29. The lowest BCUT2D eigenvalue weighted by molar-refractivity contribution is 0.329. The van der Waals surface area contributed by atoms with Gasteiger partial charge in [-0.15, -0.1) is 0 Å². The lowest BCUT2D eigenvalue weighted by Gasteiger charge is -2.12. The van der Waals surface area contributed by atoms with Gasteiger partial charge in [-0.25, -0.2) is 0 Å². The number of nitrogens with two attached hydrogens (primary N) is 1. The smallest absolute Gasteiger partial charge is 0.320 e. The fourth-order valence-electron chi connectivity index (χ4n) is 2.84. The first-order valence-electron chi connectivity index (χ1n) is 8.08. The van der Waals surface area contributed by atoms with Gasteiger partial charge in [0.25, 0.3) is 0 Å². The van der Waals surface area contributed by atoms with E-state index >= 15 is 0 Å². The zero-order valence-electron chi connectivity index (χ0n) is 14.2. The summed E-state index contributed by atoms with van der Waals surface area (Å²) in [6.45, 7) is 1.02. The van der Waals surface area contributed by atoms with Crippen molar-refractivity contribution >= 4 is 16.9 Å². The predicted octanol–water partition coefficient (Wildman–Crippen LogP) is 2.10. The second-order valence-corrected chi connectivity index (χ2v) is 5.83. The largest absolute Gasteiger partial charge is 0.497 e. The normalized spacial score (nSPS) is 13.9. The Morgan fingerprint density at radius 2 is 1.92 bits per heavy atom. The Morgan fingerprint density at radius 1 is 1.12 bits per heavy atom. The van der Waals surface area contributed by atoms with Crippen molar-refractivity contribution < 1.29 is 19.3 Å². The third kappa shape index (κ3) is 2.97. The summed E-state index contributed by atoms with van der Waals surface area (Å²) in [5, 5.41) is 10.9. The summed E-state index contributed by atoms with van der Waals surface area (Å²) < 4.78 is 18.3. The van der Waals surface area contributed by atoms with E-state index in [9.17, 15) is 5.11 Å². The van der Waals surface area contributed by atoms with Gasteiger partial charge in [0, 0.05) is 12.1 Å². The van der Waals surface area contributed by atoms with Crippen LogP contribution < -0.4 is 19.9 Å². The van der Waals surface area contributed by atoms with Crippen molar-refractivity contribution in [3.05, 3.63) is 42.0 Å². The number of benzene rings is 1. The van der Waals surface area contributed by atoms with E-state index in [1.165, 1.54) is 0 Å². The molecule has 8 heteroatoms. The molecule has 4 rings (SSSR count). The number of aromatic hydroxyl groups is 1. The SMILES string of the molecule is COc1cc2cc(c1)OCC=CCOc1nc(N)c3cc(O)n(c3n1)C2. The third-order valence-corrected chi connectivity index (χ3v) is 4.08. The Bertz CT molecular complexity index is 997. The second-order valence-electron chi connectivity index (χ2n) is 5.83. The van der Waals surface area contributed by atoms with Crippen LogP contribution in [-0.4, -0.2) is 40.0 Å². The van der Waals surface area contributed by atoms with Gasteiger partial charge in [-0.1, -0.05) is 0 Å². The van der Waals surface area contributed by atoms with Crippen LogP contribution in [0.15, 0.2) is 36.4 Å². The molecule has 8 nitrogen and oxygen atoms in total. The first-order valence-corrected chi connectivity index (χ1v) is 8.08. The molecular weight excluding hydrogens is 336 g/mol. The summed E-state index contributed by atoms with van der Waals surface area (Å²) in [4.78, 5) is 8.54. The molecule has 3 aromatic rings. The number of hydrogen-bond donors (Lipinski definition) is 2. The number of nitrogen functional groups attached to an aromatic ring is 1. The monoisotopic (exact) mass is 354 g/mol. The molecule has 134 valence electrons. The van der Waals surface area contributed by atoms with Gasteiger partial charge in [0.15, 0.2) is 11.5 Å². The Hall–Kier alpha value is -3.42. The predicted molar refractivity (Wildman–Crippen MR) is 95.8 cm³/mol. The molecule has 0 unspecified atom stereocenters. The molecule has 4 bridgehead atoms. The molecule has 0 radical (unpaired) electrons. The lowest BCUT2D eigenvalue weighted by atomic mass is 10.2. The fraction of sp³-hybridized carbons (Fsp3) is 0.222. The first-order chi connectivity index (χ1) is 12.6. The quantitative estimate of drug-likeness (QED) is 0.645. The van der Waals surface area contributed by atoms with E-state index in [4.69, 9.17) is 19.9 Å². The van der Waals surface area contributed by atoms with Crippen molar-refractivity contribution in [3.8, 4) is 23.4 Å². The average Bonchev–Trinajstić information content (AvgIpc) is 2.94. The van der Waals surface area contributed by atoms with Gasteiger partial charge in [-0.3, -0.25) is 4.57 Å². The topological polar surface area (TPSA) is 105 Å². The van der Waals surface area contributed by atoms with Gasteiger partial charge in [-0.2, -0.15) is 9.97 Å². The van der Waals surface area contributed by atoms with E-state index in [1.54, 1.807) is 17.7 Å². The first kappa shape index (κ1) is 16.1. The van der Waals surface area contributed by atoms with Crippen LogP contribution in [0.1, 0.15) is 5.56 Å². The Kier molecular flexibility index (Phi) is 4.00. The van der Waals surface area contributed by atoms with Gasteiger partial charge in [0.05, 0.1) is 19.0 Å². The molecule has 26 heavy (non-hydrogen) atoms. The van der Waals surface area contributed by atoms with Crippen LogP contribution in [0.4, 0.5) is 5.82 Å². The summed E-state index contributed by atoms with van der Waals surface area (Å²) in [6.07, 6.45) is 3.66. The van der Waals surface area contributed by atoms with E-state index < -0.39 is 0 Å². The molecule has 0 aliphatic carbocycles. The summed E-state index contributed by atoms with van der Waals surface area (Å²) >= 11 is 0. The molecule has 2 aromatic heterocycles. The maximum Gasteiger partial charge on any atom is 0.320 e. The van der Waals surface area contributed by atoms with Gasteiger partial charge in [-0.05, 0) is 29.8 Å². The molecule has 1 aliphatic heterocycles. The minimum Gasteiger partial charge on any atom is -0.497 e. The number of anilines is 1. The van der Waals surface area contributed by atoms with Gasteiger partial charge >= 0.3 is 6.01 Å². The summed E-state index contributed by atoms with van der Waals surface area (Å²) in [5.41, 5.74) is 7.38. The molecule has 0 atom stereocenters. The van der Waals surface area contributed by atoms with Crippen LogP contribution in [0.2, 0.25) is 0 Å². The standard InChI is InChI=1S/C18H18N4O4/c1-24-12-6-11-7-13(8-12)25-4-2-3-5-26-18-20-16(19)14-9-15(23)22(10-11)17(14)21-18/h2-3,6-9,23H,4-5,10H2,1H3,(H2,19,20,21). The van der Waals surface area contributed by atoms with Crippen LogP contribution >= 0.6 is 0 Å². The minimum absolute atomic E-state index is 0.0374. The van der Waals surface area contributed by atoms with E-state index in [0.29, 0.717) is 35.7 Å². The molecule has 0 spiro atoms. The third-order valence-electron chi connectivity index (χ3n) is 4.08. The molecule has 0 saturated heterocycles. The van der Waals surface area contributed by atoms with Gasteiger partial charge < -0.3 is 25.1 Å². The number of rotatable bonds is 1. The lowest BCUT2D eigenvalue weighted by Crippen LogP contribution is -2.06. The molecular formula is C18H18N4O4. The van der Waals surface area contributed by atoms with Crippen molar-refractivity contribution in [2.45, 2.75) is 6.54 Å². The average molecular weight is 354 g/mol. The van der Waals surface area contributed by atoms with Crippen molar-refractivity contribution in [1.29, 1.82) is 0 Å². The van der Waals surface area contributed by atoms with Gasteiger partial charge in [0.2, 0.25) is 0 Å². The maximum absolute atomic E-state index is 10.4. The fourth-order valence-corrected chi connectivity index (χ4v) is 2.84. The molecule has 1 aliphatic rings. The van der Waals surface area contributed by atoms with Crippen LogP contribution in [0.5, 0.6) is 23.4 Å².